The Morgan fingerprint density at radius 3 is 2.78 bits per heavy atom. The van der Waals surface area contributed by atoms with Gasteiger partial charge in [-0.05, 0) is 12.1 Å². The number of para-hydroxylation sites is 1. The van der Waals surface area contributed by atoms with Crippen molar-refractivity contribution in [3.63, 3.8) is 0 Å². The van der Waals surface area contributed by atoms with Crippen molar-refractivity contribution in [3.05, 3.63) is 63.2 Å². The van der Waals surface area contributed by atoms with Crippen LogP contribution in [0.2, 0.25) is 4.34 Å². The van der Waals surface area contributed by atoms with Gasteiger partial charge in [0.05, 0.1) is 18.4 Å². The molecule has 0 fully saturated rings. The topological polar surface area (TPSA) is 78.5 Å². The highest BCUT2D eigenvalue weighted by Gasteiger charge is 2.13. The molecule has 4 rings (SSSR count). The highest BCUT2D eigenvalue weighted by atomic mass is 35.5. The van der Waals surface area contributed by atoms with Gasteiger partial charge < -0.3 is 0 Å². The fourth-order valence-electron chi connectivity index (χ4n) is 2.27. The number of halogens is 1. The quantitative estimate of drug-likeness (QED) is 0.569. The summed E-state index contributed by atoms with van der Waals surface area (Å²) in [6, 6.07) is 9.53. The molecule has 0 spiro atoms. The van der Waals surface area contributed by atoms with Crippen molar-refractivity contribution in [1.29, 1.82) is 0 Å². The first kappa shape index (κ1) is 14.0. The van der Waals surface area contributed by atoms with E-state index in [2.05, 4.69) is 19.7 Å². The van der Waals surface area contributed by atoms with Gasteiger partial charge in [0.25, 0.3) is 5.56 Å². The Hall–Kier alpha value is -2.58. The summed E-state index contributed by atoms with van der Waals surface area (Å²) in [5, 5.41) is 8.62. The Morgan fingerprint density at radius 1 is 1.22 bits per heavy atom. The second-order valence-electron chi connectivity index (χ2n) is 4.80. The van der Waals surface area contributed by atoms with E-state index in [1.54, 1.807) is 4.68 Å². The van der Waals surface area contributed by atoms with Crippen LogP contribution in [0.4, 0.5) is 0 Å². The lowest BCUT2D eigenvalue weighted by molar-refractivity contribution is 0.724. The van der Waals surface area contributed by atoms with Crippen molar-refractivity contribution in [2.24, 2.45) is 0 Å². The molecule has 0 N–H and O–H groups in total. The number of fused-ring (bicyclic) bond motifs is 1. The molecular weight excluding hydrogens is 336 g/mol. The number of hydrogen-bond acceptors (Lipinski definition) is 6. The smallest absolute Gasteiger partial charge is 0.264 e. The number of hydrogen-bond donors (Lipinski definition) is 0. The number of aromatic nitrogens is 6. The van der Waals surface area contributed by atoms with Crippen LogP contribution in [-0.4, -0.2) is 28.9 Å². The molecule has 0 saturated carbocycles. The zero-order valence-corrected chi connectivity index (χ0v) is 13.2. The molecule has 4 aromatic rings. The summed E-state index contributed by atoms with van der Waals surface area (Å²) in [4.78, 5) is 17.0. The van der Waals surface area contributed by atoms with Crippen LogP contribution in [-0.2, 0) is 6.54 Å². The van der Waals surface area contributed by atoms with E-state index in [4.69, 9.17) is 11.6 Å². The molecule has 0 unspecified atom stereocenters. The van der Waals surface area contributed by atoms with Gasteiger partial charge in [0.2, 0.25) is 0 Å². The first-order chi connectivity index (χ1) is 11.2. The third kappa shape index (κ3) is 2.41. The van der Waals surface area contributed by atoms with E-state index in [9.17, 15) is 4.79 Å². The van der Waals surface area contributed by atoms with Gasteiger partial charge in [-0.3, -0.25) is 9.36 Å². The average Bonchev–Trinajstić information content (AvgIpc) is 3.18. The molecule has 0 amide bonds. The van der Waals surface area contributed by atoms with E-state index in [0.717, 1.165) is 17.2 Å². The lowest BCUT2D eigenvalue weighted by Gasteiger charge is -2.05. The predicted octanol–water partition coefficient (Wildman–Crippen LogP) is 2.14. The molecule has 3 heterocycles. The Morgan fingerprint density at radius 2 is 2.04 bits per heavy atom. The molecule has 0 aliphatic carbocycles. The highest BCUT2D eigenvalue weighted by molar-refractivity contribution is 7.10. The minimum absolute atomic E-state index is 0.193. The number of nitrogens with zero attached hydrogens (tertiary/aromatic N) is 6. The SMILES string of the molecule is O=c1c2cnn(-c3ccccc3)c2ncn1Cc1nnsc1Cl. The van der Waals surface area contributed by atoms with Gasteiger partial charge >= 0.3 is 0 Å². The molecule has 0 saturated heterocycles. The molecule has 1 aromatic carbocycles. The van der Waals surface area contributed by atoms with Crippen molar-refractivity contribution >= 4 is 34.2 Å². The predicted molar refractivity (Wildman–Crippen MR) is 87.1 cm³/mol. The summed E-state index contributed by atoms with van der Waals surface area (Å²) in [6.07, 6.45) is 3.00. The van der Waals surface area contributed by atoms with E-state index in [0.29, 0.717) is 21.1 Å². The zero-order chi connectivity index (χ0) is 15.8. The van der Waals surface area contributed by atoms with E-state index in [1.807, 2.05) is 30.3 Å². The minimum atomic E-state index is -0.193. The largest absolute Gasteiger partial charge is 0.292 e. The van der Waals surface area contributed by atoms with Gasteiger partial charge in [-0.2, -0.15) is 5.10 Å². The van der Waals surface area contributed by atoms with Crippen LogP contribution >= 0.6 is 23.1 Å². The molecule has 3 aromatic heterocycles. The monoisotopic (exact) mass is 344 g/mol. The van der Waals surface area contributed by atoms with E-state index in [-0.39, 0.29) is 12.1 Å². The van der Waals surface area contributed by atoms with E-state index >= 15 is 0 Å². The molecular formula is C14H9ClN6OS. The van der Waals surface area contributed by atoms with E-state index < -0.39 is 0 Å². The maximum atomic E-state index is 12.6. The van der Waals surface area contributed by atoms with Crippen molar-refractivity contribution in [3.8, 4) is 5.69 Å². The van der Waals surface area contributed by atoms with Gasteiger partial charge in [0.1, 0.15) is 21.7 Å². The van der Waals surface area contributed by atoms with E-state index in [1.165, 1.54) is 17.1 Å². The molecule has 0 bridgehead atoms. The third-order valence-corrected chi connectivity index (χ3v) is 4.37. The molecule has 7 nitrogen and oxygen atoms in total. The molecule has 0 aliphatic rings. The lowest BCUT2D eigenvalue weighted by Crippen LogP contribution is -2.21. The summed E-state index contributed by atoms with van der Waals surface area (Å²) >= 11 is 7.07. The first-order valence-electron chi connectivity index (χ1n) is 6.69. The molecule has 0 atom stereocenters. The second-order valence-corrected chi connectivity index (χ2v) is 6.16. The number of benzene rings is 1. The van der Waals surface area contributed by atoms with Gasteiger partial charge in [0.15, 0.2) is 5.65 Å². The summed E-state index contributed by atoms with van der Waals surface area (Å²) in [5.41, 5.74) is 1.72. The molecule has 9 heteroatoms. The van der Waals surface area contributed by atoms with Crippen molar-refractivity contribution in [2.45, 2.75) is 6.54 Å². The second kappa shape index (κ2) is 5.56. The van der Waals surface area contributed by atoms with Crippen LogP contribution < -0.4 is 5.56 Å². The third-order valence-electron chi connectivity index (χ3n) is 3.38. The fourth-order valence-corrected chi connectivity index (χ4v) is 2.88. The minimum Gasteiger partial charge on any atom is -0.292 e. The van der Waals surface area contributed by atoms with Gasteiger partial charge in [-0.15, -0.1) is 5.10 Å². The Labute approximate surface area is 139 Å². The summed E-state index contributed by atoms with van der Waals surface area (Å²) in [5.74, 6) is 0. The number of rotatable bonds is 3. The standard InChI is InChI=1S/C14H9ClN6OS/c15-12-11(18-19-23-12)7-20-8-16-13-10(14(20)22)6-17-21(13)9-4-2-1-3-5-9/h1-6,8H,7H2. The molecule has 23 heavy (non-hydrogen) atoms. The van der Waals surface area contributed by atoms with Gasteiger partial charge in [-0.1, -0.05) is 34.3 Å². The van der Waals surface area contributed by atoms with Gasteiger partial charge in [0, 0.05) is 11.5 Å². The van der Waals surface area contributed by atoms with Crippen LogP contribution in [0.25, 0.3) is 16.7 Å². The molecule has 114 valence electrons. The fraction of sp³-hybridized carbons (Fsp3) is 0.0714. The van der Waals surface area contributed by atoms with Crippen molar-refractivity contribution < 1.29 is 0 Å². The Kier molecular flexibility index (Phi) is 3.40. The summed E-state index contributed by atoms with van der Waals surface area (Å²) in [6.45, 7) is 0.230. The lowest BCUT2D eigenvalue weighted by atomic mass is 10.3. The van der Waals surface area contributed by atoms with Crippen LogP contribution in [0.3, 0.4) is 0 Å². The Balaban J connectivity index is 1.81. The van der Waals surface area contributed by atoms with Crippen molar-refractivity contribution in [2.75, 3.05) is 0 Å². The first-order valence-corrected chi connectivity index (χ1v) is 7.84. The normalized spacial score (nSPS) is 11.2. The highest BCUT2D eigenvalue weighted by Crippen LogP contribution is 2.18. The van der Waals surface area contributed by atoms with Crippen LogP contribution in [0, 0.1) is 0 Å². The molecule has 0 radical (unpaired) electrons. The van der Waals surface area contributed by atoms with Gasteiger partial charge in [-0.25, -0.2) is 9.67 Å². The van der Waals surface area contributed by atoms with Crippen LogP contribution in [0.5, 0.6) is 0 Å². The summed E-state index contributed by atoms with van der Waals surface area (Å²) in [7, 11) is 0. The maximum Gasteiger partial charge on any atom is 0.264 e. The average molecular weight is 345 g/mol. The maximum absolute atomic E-state index is 12.6. The zero-order valence-electron chi connectivity index (χ0n) is 11.6. The molecule has 0 aliphatic heterocycles. The van der Waals surface area contributed by atoms with Crippen LogP contribution in [0.1, 0.15) is 5.69 Å². The Bertz CT molecular complexity index is 1040. The summed E-state index contributed by atoms with van der Waals surface area (Å²) < 4.78 is 7.31. The van der Waals surface area contributed by atoms with Crippen molar-refractivity contribution in [1.82, 2.24) is 28.9 Å². The van der Waals surface area contributed by atoms with Crippen LogP contribution in [0.15, 0.2) is 47.7 Å².